The summed E-state index contributed by atoms with van der Waals surface area (Å²) in [6, 6.07) is 9.64. The van der Waals surface area contributed by atoms with E-state index in [2.05, 4.69) is 5.32 Å². The molecule has 0 fully saturated rings. The fourth-order valence-electron chi connectivity index (χ4n) is 1.81. The Bertz CT molecular complexity index is 594. The molecule has 98 valence electrons. The van der Waals surface area contributed by atoms with Crippen molar-refractivity contribution in [2.24, 2.45) is 0 Å². The Balaban J connectivity index is 2.30. The molecule has 2 aromatic carbocycles. The van der Waals surface area contributed by atoms with Crippen LogP contribution in [0.3, 0.4) is 0 Å². The molecule has 0 amide bonds. The van der Waals surface area contributed by atoms with Gasteiger partial charge in [-0.3, -0.25) is 4.79 Å². The van der Waals surface area contributed by atoms with Crippen molar-refractivity contribution in [2.45, 2.75) is 6.54 Å². The first-order valence-corrected chi connectivity index (χ1v) is 5.85. The van der Waals surface area contributed by atoms with Crippen LogP contribution in [0.25, 0.3) is 0 Å². The van der Waals surface area contributed by atoms with Gasteiger partial charge in [0.2, 0.25) is 0 Å². The predicted octanol–water partition coefficient (Wildman–Crippen LogP) is 2.92. The lowest BCUT2D eigenvalue weighted by Gasteiger charge is -2.05. The van der Waals surface area contributed by atoms with Crippen LogP contribution < -0.4 is 5.32 Å². The predicted molar refractivity (Wildman–Crippen MR) is 69.0 cm³/mol. The Morgan fingerprint density at radius 1 is 1.11 bits per heavy atom. The summed E-state index contributed by atoms with van der Waals surface area (Å²) in [5.74, 6) is -1.87. The molecule has 0 bridgehead atoms. The average Bonchev–Trinajstić information content (AvgIpc) is 2.42. The Hall–Kier alpha value is -2.07. The van der Waals surface area contributed by atoms with Crippen molar-refractivity contribution in [3.8, 4) is 0 Å². The summed E-state index contributed by atoms with van der Waals surface area (Å²) >= 11 is 0. The van der Waals surface area contributed by atoms with Crippen LogP contribution in [-0.4, -0.2) is 12.8 Å². The second-order valence-corrected chi connectivity index (χ2v) is 4.18. The van der Waals surface area contributed by atoms with Gasteiger partial charge in [0.1, 0.15) is 11.6 Å². The fourth-order valence-corrected chi connectivity index (χ4v) is 1.81. The van der Waals surface area contributed by atoms with E-state index in [-0.39, 0.29) is 5.56 Å². The van der Waals surface area contributed by atoms with Gasteiger partial charge in [0.15, 0.2) is 5.78 Å². The van der Waals surface area contributed by atoms with Gasteiger partial charge >= 0.3 is 0 Å². The number of hydrogen-bond donors (Lipinski definition) is 1. The summed E-state index contributed by atoms with van der Waals surface area (Å²) in [5.41, 5.74) is 1.10. The van der Waals surface area contributed by atoms with E-state index in [0.717, 1.165) is 23.8 Å². The van der Waals surface area contributed by atoms with Crippen molar-refractivity contribution in [2.75, 3.05) is 7.05 Å². The highest BCUT2D eigenvalue weighted by molar-refractivity contribution is 6.09. The van der Waals surface area contributed by atoms with E-state index in [1.54, 1.807) is 24.3 Å². The molecule has 4 heteroatoms. The van der Waals surface area contributed by atoms with Gasteiger partial charge in [-0.1, -0.05) is 24.3 Å². The summed E-state index contributed by atoms with van der Waals surface area (Å²) < 4.78 is 26.6. The second kappa shape index (κ2) is 5.71. The standard InChI is InChI=1S/C15H13F2NO/c1-18-9-10-2-4-11(5-3-10)15(19)13-8-12(16)6-7-14(13)17/h2-8,18H,9H2,1H3. The van der Waals surface area contributed by atoms with Crippen molar-refractivity contribution in [3.63, 3.8) is 0 Å². The van der Waals surface area contributed by atoms with Gasteiger partial charge in [-0.05, 0) is 30.8 Å². The number of ketones is 1. The Morgan fingerprint density at radius 2 is 1.79 bits per heavy atom. The van der Waals surface area contributed by atoms with Crippen LogP contribution in [0.2, 0.25) is 0 Å². The van der Waals surface area contributed by atoms with Crippen molar-refractivity contribution in [1.29, 1.82) is 0 Å². The molecule has 0 aliphatic heterocycles. The largest absolute Gasteiger partial charge is 0.316 e. The van der Waals surface area contributed by atoms with E-state index >= 15 is 0 Å². The minimum absolute atomic E-state index is 0.249. The van der Waals surface area contributed by atoms with Crippen LogP contribution in [0.15, 0.2) is 42.5 Å². The third kappa shape index (κ3) is 3.03. The molecule has 0 aliphatic rings. The van der Waals surface area contributed by atoms with Gasteiger partial charge in [0, 0.05) is 12.1 Å². The SMILES string of the molecule is CNCc1ccc(C(=O)c2cc(F)ccc2F)cc1. The highest BCUT2D eigenvalue weighted by Crippen LogP contribution is 2.15. The molecule has 0 atom stereocenters. The normalized spacial score (nSPS) is 10.5. The molecule has 0 saturated carbocycles. The molecule has 0 unspecified atom stereocenters. The maximum atomic E-state index is 13.5. The number of nitrogens with one attached hydrogen (secondary N) is 1. The monoisotopic (exact) mass is 261 g/mol. The summed E-state index contributed by atoms with van der Waals surface area (Å²) in [4.78, 5) is 12.1. The number of carbonyl (C=O) groups excluding carboxylic acids is 1. The minimum Gasteiger partial charge on any atom is -0.316 e. The molecule has 0 heterocycles. The number of halogens is 2. The van der Waals surface area contributed by atoms with E-state index < -0.39 is 17.4 Å². The fraction of sp³-hybridized carbons (Fsp3) is 0.133. The van der Waals surface area contributed by atoms with Gasteiger partial charge in [0.05, 0.1) is 5.56 Å². The quantitative estimate of drug-likeness (QED) is 0.857. The third-order valence-corrected chi connectivity index (χ3v) is 2.77. The van der Waals surface area contributed by atoms with Crippen molar-refractivity contribution >= 4 is 5.78 Å². The summed E-state index contributed by atoms with van der Waals surface area (Å²) in [6.07, 6.45) is 0. The van der Waals surface area contributed by atoms with E-state index in [0.29, 0.717) is 12.1 Å². The average molecular weight is 261 g/mol. The lowest BCUT2D eigenvalue weighted by molar-refractivity contribution is 0.103. The van der Waals surface area contributed by atoms with Gasteiger partial charge in [-0.2, -0.15) is 0 Å². The number of carbonyl (C=O) groups is 1. The molecule has 0 aromatic heterocycles. The zero-order valence-electron chi connectivity index (χ0n) is 10.4. The first-order valence-electron chi connectivity index (χ1n) is 5.85. The molecule has 2 nitrogen and oxygen atoms in total. The van der Waals surface area contributed by atoms with E-state index in [4.69, 9.17) is 0 Å². The minimum atomic E-state index is -0.717. The lowest BCUT2D eigenvalue weighted by atomic mass is 10.0. The number of hydrogen-bond acceptors (Lipinski definition) is 2. The molecular formula is C15H13F2NO. The highest BCUT2D eigenvalue weighted by Gasteiger charge is 2.14. The van der Waals surface area contributed by atoms with E-state index in [1.165, 1.54) is 0 Å². The molecule has 2 rings (SSSR count). The second-order valence-electron chi connectivity index (χ2n) is 4.18. The van der Waals surface area contributed by atoms with Crippen molar-refractivity contribution in [3.05, 3.63) is 70.8 Å². The van der Waals surface area contributed by atoms with Crippen LogP contribution in [0.4, 0.5) is 8.78 Å². The Morgan fingerprint density at radius 3 is 2.42 bits per heavy atom. The van der Waals surface area contributed by atoms with E-state index in [1.807, 2.05) is 7.05 Å². The van der Waals surface area contributed by atoms with Crippen LogP contribution in [-0.2, 0) is 6.54 Å². The molecular weight excluding hydrogens is 248 g/mol. The maximum absolute atomic E-state index is 13.5. The van der Waals surface area contributed by atoms with Gasteiger partial charge in [-0.15, -0.1) is 0 Å². The molecule has 0 saturated heterocycles. The summed E-state index contributed by atoms with van der Waals surface area (Å²) in [5, 5.41) is 2.99. The number of benzene rings is 2. The molecule has 0 radical (unpaired) electrons. The topological polar surface area (TPSA) is 29.1 Å². The van der Waals surface area contributed by atoms with Crippen molar-refractivity contribution < 1.29 is 13.6 Å². The zero-order valence-corrected chi connectivity index (χ0v) is 10.4. The zero-order chi connectivity index (χ0) is 13.8. The smallest absolute Gasteiger partial charge is 0.196 e. The van der Waals surface area contributed by atoms with Crippen LogP contribution in [0.5, 0.6) is 0 Å². The number of rotatable bonds is 4. The first kappa shape index (κ1) is 13.4. The Labute approximate surface area is 110 Å². The molecule has 0 spiro atoms. The van der Waals surface area contributed by atoms with Gasteiger partial charge < -0.3 is 5.32 Å². The van der Waals surface area contributed by atoms with Crippen LogP contribution in [0.1, 0.15) is 21.5 Å². The summed E-state index contributed by atoms with van der Waals surface area (Å²) in [7, 11) is 1.82. The van der Waals surface area contributed by atoms with Crippen LogP contribution >= 0.6 is 0 Å². The van der Waals surface area contributed by atoms with Gasteiger partial charge in [0.25, 0.3) is 0 Å². The molecule has 1 N–H and O–H groups in total. The Kier molecular flexibility index (Phi) is 4.02. The van der Waals surface area contributed by atoms with Gasteiger partial charge in [-0.25, -0.2) is 8.78 Å². The van der Waals surface area contributed by atoms with E-state index in [9.17, 15) is 13.6 Å². The van der Waals surface area contributed by atoms with Crippen LogP contribution in [0, 0.1) is 11.6 Å². The molecule has 2 aromatic rings. The molecule has 19 heavy (non-hydrogen) atoms. The maximum Gasteiger partial charge on any atom is 0.196 e. The third-order valence-electron chi connectivity index (χ3n) is 2.77. The first-order chi connectivity index (χ1) is 9.11. The summed E-state index contributed by atoms with van der Waals surface area (Å²) in [6.45, 7) is 0.683. The molecule has 0 aliphatic carbocycles. The van der Waals surface area contributed by atoms with Crippen molar-refractivity contribution in [1.82, 2.24) is 5.32 Å². The highest BCUT2D eigenvalue weighted by atomic mass is 19.1. The lowest BCUT2D eigenvalue weighted by Crippen LogP contribution is -2.07.